The zero-order valence-electron chi connectivity index (χ0n) is 15.4. The molecule has 0 aliphatic carbocycles. The first-order valence-electron chi connectivity index (χ1n) is 8.88. The number of ether oxygens (including phenoxy) is 1. The predicted molar refractivity (Wildman–Crippen MR) is 102 cm³/mol. The standard InChI is InChI=1S/C21H24N2O3/c1-4-17-13-19(18-7-5-6-8-20(18)23(17)14(2)24)22-16-11-9-15(10-12-16)21(25)26-3/h5-12,17,19,22H,4,13H2,1-3H3/t17-,19+/m1/s1. The average Bonchev–Trinajstić information content (AvgIpc) is 2.67. The van der Waals surface area contributed by atoms with Gasteiger partial charge in [-0.2, -0.15) is 0 Å². The normalized spacial score (nSPS) is 18.8. The summed E-state index contributed by atoms with van der Waals surface area (Å²) in [7, 11) is 1.37. The Bertz CT molecular complexity index is 801. The second kappa shape index (κ2) is 7.60. The molecular formula is C21H24N2O3. The second-order valence-electron chi connectivity index (χ2n) is 6.51. The fourth-order valence-electron chi connectivity index (χ4n) is 3.64. The minimum absolute atomic E-state index is 0.0742. The van der Waals surface area contributed by atoms with Gasteiger partial charge in [0.15, 0.2) is 0 Å². The molecule has 2 aromatic rings. The van der Waals surface area contributed by atoms with E-state index < -0.39 is 0 Å². The summed E-state index contributed by atoms with van der Waals surface area (Å²) in [6, 6.07) is 15.6. The molecule has 0 unspecified atom stereocenters. The molecule has 0 saturated carbocycles. The van der Waals surface area contributed by atoms with E-state index in [0.29, 0.717) is 5.56 Å². The van der Waals surface area contributed by atoms with Gasteiger partial charge < -0.3 is 15.0 Å². The van der Waals surface area contributed by atoms with Crippen LogP contribution in [0.1, 0.15) is 48.7 Å². The van der Waals surface area contributed by atoms with Crippen molar-refractivity contribution < 1.29 is 14.3 Å². The van der Waals surface area contributed by atoms with Gasteiger partial charge in [-0.1, -0.05) is 25.1 Å². The number of fused-ring (bicyclic) bond motifs is 1. The average molecular weight is 352 g/mol. The third-order valence-electron chi connectivity index (χ3n) is 4.90. The SMILES string of the molecule is CC[C@@H]1C[C@H](Nc2ccc(C(=O)OC)cc2)c2ccccc2N1C(C)=O. The molecular weight excluding hydrogens is 328 g/mol. The molecule has 0 fully saturated rings. The molecule has 0 saturated heterocycles. The summed E-state index contributed by atoms with van der Waals surface area (Å²) in [5.41, 5.74) is 3.55. The van der Waals surface area contributed by atoms with Crippen LogP contribution in [0.2, 0.25) is 0 Å². The molecule has 5 heteroatoms. The zero-order valence-corrected chi connectivity index (χ0v) is 15.4. The minimum Gasteiger partial charge on any atom is -0.465 e. The van der Waals surface area contributed by atoms with Crippen molar-refractivity contribution in [3.8, 4) is 0 Å². The molecule has 26 heavy (non-hydrogen) atoms. The quantitative estimate of drug-likeness (QED) is 0.840. The van der Waals surface area contributed by atoms with Crippen LogP contribution in [-0.4, -0.2) is 25.0 Å². The maximum absolute atomic E-state index is 12.2. The Labute approximate surface area is 154 Å². The highest BCUT2D eigenvalue weighted by molar-refractivity contribution is 5.94. The van der Waals surface area contributed by atoms with Crippen LogP contribution < -0.4 is 10.2 Å². The molecule has 1 aliphatic rings. The van der Waals surface area contributed by atoms with Crippen LogP contribution in [0.15, 0.2) is 48.5 Å². The van der Waals surface area contributed by atoms with Gasteiger partial charge in [0.1, 0.15) is 0 Å². The molecule has 2 atom stereocenters. The molecule has 1 heterocycles. The largest absolute Gasteiger partial charge is 0.465 e. The fourth-order valence-corrected chi connectivity index (χ4v) is 3.64. The third-order valence-corrected chi connectivity index (χ3v) is 4.90. The molecule has 1 N–H and O–H groups in total. The Hall–Kier alpha value is -2.82. The highest BCUT2D eigenvalue weighted by Crippen LogP contribution is 2.39. The van der Waals surface area contributed by atoms with E-state index in [1.807, 2.05) is 35.2 Å². The molecule has 1 amide bonds. The van der Waals surface area contributed by atoms with E-state index in [0.717, 1.165) is 29.8 Å². The monoisotopic (exact) mass is 352 g/mol. The number of hydrogen-bond donors (Lipinski definition) is 1. The molecule has 0 radical (unpaired) electrons. The van der Waals surface area contributed by atoms with Crippen molar-refractivity contribution in [1.82, 2.24) is 0 Å². The number of anilines is 2. The van der Waals surface area contributed by atoms with Crippen LogP contribution in [0.25, 0.3) is 0 Å². The zero-order chi connectivity index (χ0) is 18.7. The summed E-state index contributed by atoms with van der Waals surface area (Å²) in [6.45, 7) is 3.73. The lowest BCUT2D eigenvalue weighted by molar-refractivity contribution is -0.117. The molecule has 0 aromatic heterocycles. The van der Waals surface area contributed by atoms with Crippen molar-refractivity contribution in [2.24, 2.45) is 0 Å². The van der Waals surface area contributed by atoms with E-state index in [2.05, 4.69) is 18.3 Å². The Morgan fingerprint density at radius 2 is 1.85 bits per heavy atom. The smallest absolute Gasteiger partial charge is 0.337 e. The number of nitrogens with one attached hydrogen (secondary N) is 1. The first-order chi connectivity index (χ1) is 12.5. The first kappa shape index (κ1) is 18.0. The van der Waals surface area contributed by atoms with E-state index >= 15 is 0 Å². The lowest BCUT2D eigenvalue weighted by Crippen LogP contribution is -2.44. The maximum Gasteiger partial charge on any atom is 0.337 e. The van der Waals surface area contributed by atoms with Crippen LogP contribution in [0.3, 0.4) is 0 Å². The van der Waals surface area contributed by atoms with E-state index in [1.165, 1.54) is 7.11 Å². The van der Waals surface area contributed by atoms with Gasteiger partial charge in [0.2, 0.25) is 5.91 Å². The van der Waals surface area contributed by atoms with Gasteiger partial charge in [0.25, 0.3) is 0 Å². The lowest BCUT2D eigenvalue weighted by atomic mass is 9.89. The number of carbonyl (C=O) groups is 2. The molecule has 0 spiro atoms. The molecule has 5 nitrogen and oxygen atoms in total. The van der Waals surface area contributed by atoms with Crippen LogP contribution >= 0.6 is 0 Å². The molecule has 0 bridgehead atoms. The third kappa shape index (κ3) is 3.43. The van der Waals surface area contributed by atoms with Crippen LogP contribution in [0, 0.1) is 0 Å². The van der Waals surface area contributed by atoms with Crippen molar-refractivity contribution in [1.29, 1.82) is 0 Å². The number of benzene rings is 2. The van der Waals surface area contributed by atoms with E-state index in [4.69, 9.17) is 4.74 Å². The van der Waals surface area contributed by atoms with E-state index in [1.54, 1.807) is 19.1 Å². The van der Waals surface area contributed by atoms with Crippen molar-refractivity contribution in [3.63, 3.8) is 0 Å². The first-order valence-corrected chi connectivity index (χ1v) is 8.88. The summed E-state index contributed by atoms with van der Waals surface area (Å²) in [6.07, 6.45) is 1.74. The number of hydrogen-bond acceptors (Lipinski definition) is 4. The van der Waals surface area contributed by atoms with Gasteiger partial charge >= 0.3 is 5.97 Å². The van der Waals surface area contributed by atoms with Crippen molar-refractivity contribution >= 4 is 23.3 Å². The summed E-state index contributed by atoms with van der Waals surface area (Å²) >= 11 is 0. The number of para-hydroxylation sites is 1. The van der Waals surface area contributed by atoms with Crippen LogP contribution in [-0.2, 0) is 9.53 Å². The number of nitrogens with zero attached hydrogens (tertiary/aromatic N) is 1. The van der Waals surface area contributed by atoms with Gasteiger partial charge in [-0.3, -0.25) is 4.79 Å². The topological polar surface area (TPSA) is 58.6 Å². The number of methoxy groups -OCH3 is 1. The number of esters is 1. The van der Waals surface area contributed by atoms with Gasteiger partial charge in [0.05, 0.1) is 18.7 Å². The number of rotatable bonds is 4. The van der Waals surface area contributed by atoms with Crippen molar-refractivity contribution in [3.05, 3.63) is 59.7 Å². The van der Waals surface area contributed by atoms with E-state index in [9.17, 15) is 9.59 Å². The highest BCUT2D eigenvalue weighted by atomic mass is 16.5. The second-order valence-corrected chi connectivity index (χ2v) is 6.51. The van der Waals surface area contributed by atoms with Crippen molar-refractivity contribution in [2.75, 3.05) is 17.3 Å². The van der Waals surface area contributed by atoms with Gasteiger partial charge in [-0.05, 0) is 48.7 Å². The minimum atomic E-state index is -0.345. The summed E-state index contributed by atoms with van der Waals surface area (Å²) in [4.78, 5) is 25.7. The Morgan fingerprint density at radius 1 is 1.15 bits per heavy atom. The molecule has 1 aliphatic heterocycles. The Balaban J connectivity index is 1.89. The summed E-state index contributed by atoms with van der Waals surface area (Å²) < 4.78 is 4.74. The maximum atomic E-state index is 12.2. The number of amides is 1. The van der Waals surface area contributed by atoms with Crippen LogP contribution in [0.5, 0.6) is 0 Å². The predicted octanol–water partition coefficient (Wildman–Crippen LogP) is 4.16. The fraction of sp³-hybridized carbons (Fsp3) is 0.333. The highest BCUT2D eigenvalue weighted by Gasteiger charge is 2.33. The Morgan fingerprint density at radius 3 is 2.46 bits per heavy atom. The Kier molecular flexibility index (Phi) is 5.26. The summed E-state index contributed by atoms with van der Waals surface area (Å²) in [5.74, 6) is -0.270. The molecule has 136 valence electrons. The van der Waals surface area contributed by atoms with Crippen molar-refractivity contribution in [2.45, 2.75) is 38.8 Å². The van der Waals surface area contributed by atoms with Crippen LogP contribution in [0.4, 0.5) is 11.4 Å². The lowest BCUT2D eigenvalue weighted by Gasteiger charge is -2.40. The van der Waals surface area contributed by atoms with Gasteiger partial charge in [0, 0.05) is 24.3 Å². The van der Waals surface area contributed by atoms with E-state index in [-0.39, 0.29) is 24.0 Å². The molecule has 2 aromatic carbocycles. The van der Waals surface area contributed by atoms with Gasteiger partial charge in [-0.25, -0.2) is 4.79 Å². The summed E-state index contributed by atoms with van der Waals surface area (Å²) in [5, 5.41) is 3.55. The number of carbonyl (C=O) groups excluding carboxylic acids is 2. The molecule has 3 rings (SSSR count). The van der Waals surface area contributed by atoms with Gasteiger partial charge in [-0.15, -0.1) is 0 Å².